The number of rotatable bonds is 3. The van der Waals surface area contributed by atoms with Gasteiger partial charge in [-0.15, -0.1) is 0 Å². The lowest BCUT2D eigenvalue weighted by molar-refractivity contribution is 0.129. The number of nitrogens with zero attached hydrogens (tertiary/aromatic N) is 1. The van der Waals surface area contributed by atoms with Crippen molar-refractivity contribution in [2.24, 2.45) is 11.3 Å². The highest BCUT2D eigenvalue weighted by molar-refractivity contribution is 7.85. The molecule has 1 aliphatic heterocycles. The fourth-order valence-electron chi connectivity index (χ4n) is 2.38. The highest BCUT2D eigenvalue weighted by Crippen LogP contribution is 2.35. The molecule has 1 saturated heterocycles. The molecule has 1 heterocycles. The van der Waals surface area contributed by atoms with E-state index >= 15 is 0 Å². The van der Waals surface area contributed by atoms with Gasteiger partial charge in [-0.1, -0.05) is 13.8 Å². The van der Waals surface area contributed by atoms with E-state index in [-0.39, 0.29) is 11.2 Å². The molecule has 1 N–H and O–H groups in total. The van der Waals surface area contributed by atoms with Gasteiger partial charge in [0.2, 0.25) is 0 Å². The molecule has 4 nitrogen and oxygen atoms in total. The molecule has 1 aliphatic rings. The first-order chi connectivity index (χ1) is 6.71. The van der Waals surface area contributed by atoms with Crippen molar-refractivity contribution >= 4 is 10.1 Å². The van der Waals surface area contributed by atoms with Crippen LogP contribution in [0, 0.1) is 11.3 Å². The van der Waals surface area contributed by atoms with Crippen molar-refractivity contribution in [1.82, 2.24) is 4.90 Å². The van der Waals surface area contributed by atoms with Crippen molar-refractivity contribution < 1.29 is 13.0 Å². The summed E-state index contributed by atoms with van der Waals surface area (Å²) in [6.07, 6.45) is 2.03. The van der Waals surface area contributed by atoms with Gasteiger partial charge in [0.15, 0.2) is 0 Å². The molecule has 0 aromatic carbocycles. The number of likely N-dealkylation sites (tertiary alicyclic amines) is 1. The van der Waals surface area contributed by atoms with Crippen LogP contribution in [-0.4, -0.2) is 43.8 Å². The average molecular weight is 235 g/mol. The van der Waals surface area contributed by atoms with E-state index in [1.165, 1.54) is 0 Å². The standard InChI is InChI=1S/C10H21NO3S/c1-10(2,8-15(12,13)14)9-4-6-11(3)7-5-9/h9H,4-8H2,1-3H3,(H,12,13,14). The largest absolute Gasteiger partial charge is 0.306 e. The lowest BCUT2D eigenvalue weighted by Gasteiger charge is -2.38. The Hall–Kier alpha value is -0.130. The Morgan fingerprint density at radius 3 is 2.20 bits per heavy atom. The SMILES string of the molecule is CN1CCC(C(C)(C)CS(=O)(=O)O)CC1. The van der Waals surface area contributed by atoms with Crippen molar-refractivity contribution in [3.8, 4) is 0 Å². The Morgan fingerprint density at radius 1 is 1.33 bits per heavy atom. The minimum absolute atomic E-state index is 0.131. The fourth-order valence-corrected chi connectivity index (χ4v) is 3.55. The molecule has 1 rings (SSSR count). The van der Waals surface area contributed by atoms with Crippen molar-refractivity contribution in [1.29, 1.82) is 0 Å². The zero-order chi connectivity index (χ0) is 11.7. The molecule has 0 bridgehead atoms. The minimum Gasteiger partial charge on any atom is -0.306 e. The van der Waals surface area contributed by atoms with Gasteiger partial charge in [-0.05, 0) is 44.3 Å². The molecule has 15 heavy (non-hydrogen) atoms. The maximum absolute atomic E-state index is 10.9. The van der Waals surface area contributed by atoms with Gasteiger partial charge < -0.3 is 4.90 Å². The van der Waals surface area contributed by atoms with Gasteiger partial charge in [0.1, 0.15) is 0 Å². The van der Waals surface area contributed by atoms with Crippen LogP contribution in [0.2, 0.25) is 0 Å². The van der Waals surface area contributed by atoms with Gasteiger partial charge in [0, 0.05) is 0 Å². The van der Waals surface area contributed by atoms with Crippen molar-refractivity contribution in [2.75, 3.05) is 25.9 Å². The van der Waals surface area contributed by atoms with Crippen LogP contribution >= 0.6 is 0 Å². The summed E-state index contributed by atoms with van der Waals surface area (Å²) >= 11 is 0. The molecule has 0 aromatic heterocycles. The first-order valence-corrected chi connectivity index (χ1v) is 6.95. The van der Waals surface area contributed by atoms with E-state index in [4.69, 9.17) is 4.55 Å². The second-order valence-corrected chi connectivity index (χ2v) is 6.74. The molecule has 0 aliphatic carbocycles. The Morgan fingerprint density at radius 2 is 1.80 bits per heavy atom. The van der Waals surface area contributed by atoms with E-state index in [1.54, 1.807) is 0 Å². The molecule has 1 fully saturated rings. The molecule has 0 aromatic rings. The molecule has 0 radical (unpaired) electrons. The summed E-state index contributed by atoms with van der Waals surface area (Å²) in [5.41, 5.74) is -0.325. The quantitative estimate of drug-likeness (QED) is 0.748. The maximum atomic E-state index is 10.9. The van der Waals surface area contributed by atoms with Gasteiger partial charge >= 0.3 is 0 Å². The third-order valence-electron chi connectivity index (χ3n) is 3.38. The molecule has 0 atom stereocenters. The summed E-state index contributed by atoms with van der Waals surface area (Å²) in [7, 11) is -1.78. The van der Waals surface area contributed by atoms with Crippen molar-refractivity contribution in [2.45, 2.75) is 26.7 Å². The average Bonchev–Trinajstić information content (AvgIpc) is 2.00. The zero-order valence-corrected chi connectivity index (χ0v) is 10.5. The fraction of sp³-hybridized carbons (Fsp3) is 1.00. The predicted octanol–water partition coefficient (Wildman–Crippen LogP) is 1.24. The van der Waals surface area contributed by atoms with Crippen molar-refractivity contribution in [3.05, 3.63) is 0 Å². The summed E-state index contributed by atoms with van der Waals surface area (Å²) in [4.78, 5) is 2.25. The maximum Gasteiger partial charge on any atom is 0.265 e. The zero-order valence-electron chi connectivity index (χ0n) is 9.73. The highest BCUT2D eigenvalue weighted by atomic mass is 32.2. The molecule has 0 unspecified atom stereocenters. The van der Waals surface area contributed by atoms with E-state index in [2.05, 4.69) is 11.9 Å². The second-order valence-electron chi connectivity index (χ2n) is 5.29. The van der Waals surface area contributed by atoms with E-state index < -0.39 is 10.1 Å². The second kappa shape index (κ2) is 4.39. The topological polar surface area (TPSA) is 57.6 Å². The number of hydrogen-bond acceptors (Lipinski definition) is 3. The summed E-state index contributed by atoms with van der Waals surface area (Å²) < 4.78 is 30.7. The van der Waals surface area contributed by atoms with E-state index in [0.29, 0.717) is 5.92 Å². The predicted molar refractivity (Wildman–Crippen MR) is 60.4 cm³/mol. The number of hydrogen-bond donors (Lipinski definition) is 1. The normalized spacial score (nSPS) is 21.9. The highest BCUT2D eigenvalue weighted by Gasteiger charge is 2.35. The number of piperidine rings is 1. The van der Waals surface area contributed by atoms with Crippen LogP contribution in [-0.2, 0) is 10.1 Å². The molecule has 0 amide bonds. The third-order valence-corrected chi connectivity index (χ3v) is 4.49. The van der Waals surface area contributed by atoms with Crippen LogP contribution in [0.3, 0.4) is 0 Å². The van der Waals surface area contributed by atoms with E-state index in [0.717, 1.165) is 25.9 Å². The summed E-state index contributed by atoms with van der Waals surface area (Å²) in [6.45, 7) is 5.88. The lowest BCUT2D eigenvalue weighted by Crippen LogP contribution is -2.40. The first kappa shape index (κ1) is 12.9. The molecular weight excluding hydrogens is 214 g/mol. The van der Waals surface area contributed by atoms with Gasteiger partial charge in [-0.3, -0.25) is 4.55 Å². The summed E-state index contributed by atoms with van der Waals surface area (Å²) in [6, 6.07) is 0. The summed E-state index contributed by atoms with van der Waals surface area (Å²) in [5, 5.41) is 0. The lowest BCUT2D eigenvalue weighted by atomic mass is 9.75. The monoisotopic (exact) mass is 235 g/mol. The molecule has 5 heteroatoms. The van der Waals surface area contributed by atoms with Gasteiger partial charge in [0.25, 0.3) is 10.1 Å². The van der Waals surface area contributed by atoms with Gasteiger partial charge in [0.05, 0.1) is 5.75 Å². The van der Waals surface area contributed by atoms with Crippen LogP contribution in [0.25, 0.3) is 0 Å². The van der Waals surface area contributed by atoms with Crippen LogP contribution in [0.1, 0.15) is 26.7 Å². The van der Waals surface area contributed by atoms with Crippen LogP contribution in [0.15, 0.2) is 0 Å². The third kappa shape index (κ3) is 4.09. The van der Waals surface area contributed by atoms with Crippen LogP contribution in [0.4, 0.5) is 0 Å². The molecule has 90 valence electrons. The summed E-state index contributed by atoms with van der Waals surface area (Å²) in [5.74, 6) is 0.254. The minimum atomic E-state index is -3.86. The Bertz CT molecular complexity index is 303. The molecule has 0 saturated carbocycles. The Balaban J connectivity index is 2.61. The van der Waals surface area contributed by atoms with Gasteiger partial charge in [-0.25, -0.2) is 0 Å². The first-order valence-electron chi connectivity index (χ1n) is 5.34. The van der Waals surface area contributed by atoms with Crippen LogP contribution in [0.5, 0.6) is 0 Å². The van der Waals surface area contributed by atoms with Gasteiger partial charge in [-0.2, -0.15) is 8.42 Å². The molecular formula is C10H21NO3S. The smallest absolute Gasteiger partial charge is 0.265 e. The Kier molecular flexibility index (Phi) is 3.79. The van der Waals surface area contributed by atoms with Crippen molar-refractivity contribution in [3.63, 3.8) is 0 Å². The molecule has 0 spiro atoms. The van der Waals surface area contributed by atoms with E-state index in [1.807, 2.05) is 13.8 Å². The Labute approximate surface area is 92.4 Å². The van der Waals surface area contributed by atoms with Crippen LogP contribution < -0.4 is 0 Å². The van der Waals surface area contributed by atoms with E-state index in [9.17, 15) is 8.42 Å².